The number of Topliss-reactive ketones (excluding diaryl/α,β-unsaturated/α-hetero) is 1. The number of amides is 1. The zero-order valence-electron chi connectivity index (χ0n) is 12.9. The van der Waals surface area contributed by atoms with Crippen LogP contribution in [0.4, 0.5) is 5.69 Å². The van der Waals surface area contributed by atoms with Crippen LogP contribution in [0, 0.1) is 6.92 Å². The largest absolute Gasteiger partial charge is 0.325 e. The number of rotatable bonds is 0. The number of carbonyl (C=O) groups excluding carboxylic acids is 2. The molecule has 1 heterocycles. The lowest BCUT2D eigenvalue weighted by molar-refractivity contribution is -0.116. The number of ketones is 1. The third-order valence-corrected chi connectivity index (χ3v) is 4.06. The van der Waals surface area contributed by atoms with E-state index in [0.717, 1.165) is 31.2 Å². The fourth-order valence-electron chi connectivity index (χ4n) is 2.80. The second-order valence-corrected chi connectivity index (χ2v) is 6.00. The van der Waals surface area contributed by atoms with Crippen LogP contribution in [0.3, 0.4) is 0 Å². The third-order valence-electron chi connectivity index (χ3n) is 4.06. The highest BCUT2D eigenvalue weighted by molar-refractivity contribution is 6.05. The van der Waals surface area contributed by atoms with Gasteiger partial charge in [-0.3, -0.25) is 9.59 Å². The molecular weight excluding hydrogens is 262 g/mol. The van der Waals surface area contributed by atoms with E-state index in [1.54, 1.807) is 0 Å². The van der Waals surface area contributed by atoms with Gasteiger partial charge in [0, 0.05) is 18.4 Å². The van der Waals surface area contributed by atoms with Crippen LogP contribution in [-0.4, -0.2) is 11.7 Å². The first-order valence-electron chi connectivity index (χ1n) is 8.10. The molecule has 3 nitrogen and oxygen atoms in total. The summed E-state index contributed by atoms with van der Waals surface area (Å²) >= 11 is 0. The maximum absolute atomic E-state index is 12.4. The lowest BCUT2D eigenvalue weighted by Crippen LogP contribution is -2.14. The molecule has 0 radical (unpaired) electrons. The molecule has 1 amide bonds. The van der Waals surface area contributed by atoms with Crippen LogP contribution >= 0.6 is 0 Å². The first kappa shape index (κ1) is 15.7. The highest BCUT2D eigenvalue weighted by Crippen LogP contribution is 2.22. The Morgan fingerprint density at radius 2 is 1.48 bits per heavy atom. The topological polar surface area (TPSA) is 46.2 Å². The average Bonchev–Trinajstić information content (AvgIpc) is 2.46. The predicted octanol–water partition coefficient (Wildman–Crippen LogP) is 4.64. The molecule has 21 heavy (non-hydrogen) atoms. The Hall–Kier alpha value is -1.64. The van der Waals surface area contributed by atoms with Crippen molar-refractivity contribution in [3.05, 3.63) is 29.3 Å². The fourth-order valence-corrected chi connectivity index (χ4v) is 2.80. The number of nitrogens with one attached hydrogen (secondary N) is 1. The second kappa shape index (κ2) is 7.96. The maximum Gasteiger partial charge on any atom is 0.224 e. The lowest BCUT2D eigenvalue weighted by Gasteiger charge is -2.12. The molecule has 0 saturated heterocycles. The first-order valence-corrected chi connectivity index (χ1v) is 8.10. The van der Waals surface area contributed by atoms with Gasteiger partial charge in [0.25, 0.3) is 0 Å². The standard InChI is InChI=1S/C18H25NO2/c1-14-11-12-16-15(13-14)17(20)9-7-5-3-2-4-6-8-10-18(21)19-16/h11-13H,2-10H2,1H3,(H,19,21). The SMILES string of the molecule is Cc1ccc2c(c1)C(=O)CCCCCCCCCC(=O)N2. The third kappa shape index (κ3) is 5.00. The smallest absolute Gasteiger partial charge is 0.224 e. The predicted molar refractivity (Wildman–Crippen MR) is 85.7 cm³/mol. The monoisotopic (exact) mass is 287 g/mol. The number of aryl methyl sites for hydroxylation is 1. The zero-order chi connectivity index (χ0) is 15.1. The zero-order valence-corrected chi connectivity index (χ0v) is 12.9. The van der Waals surface area contributed by atoms with Crippen LogP contribution in [0.15, 0.2) is 18.2 Å². The molecule has 114 valence electrons. The number of benzene rings is 1. The molecule has 0 atom stereocenters. The minimum Gasteiger partial charge on any atom is -0.325 e. The number of hydrogen-bond donors (Lipinski definition) is 1. The molecule has 1 aromatic carbocycles. The fraction of sp³-hybridized carbons (Fsp3) is 0.556. The molecule has 3 heteroatoms. The van der Waals surface area contributed by atoms with Crippen LogP contribution in [0.25, 0.3) is 0 Å². The Kier molecular flexibility index (Phi) is 5.97. The van der Waals surface area contributed by atoms with E-state index in [0.29, 0.717) is 24.1 Å². The van der Waals surface area contributed by atoms with Gasteiger partial charge in [-0.15, -0.1) is 0 Å². The van der Waals surface area contributed by atoms with Gasteiger partial charge >= 0.3 is 0 Å². The molecule has 0 saturated carbocycles. The summed E-state index contributed by atoms with van der Waals surface area (Å²) in [6.45, 7) is 1.97. The first-order chi connectivity index (χ1) is 10.2. The second-order valence-electron chi connectivity index (χ2n) is 6.00. The van der Waals surface area contributed by atoms with E-state index in [1.807, 2.05) is 25.1 Å². The normalized spacial score (nSPS) is 18.5. The summed E-state index contributed by atoms with van der Waals surface area (Å²) in [5.74, 6) is 0.163. The number of anilines is 1. The summed E-state index contributed by atoms with van der Waals surface area (Å²) in [5.41, 5.74) is 2.39. The summed E-state index contributed by atoms with van der Waals surface area (Å²) in [6.07, 6.45) is 8.84. The van der Waals surface area contributed by atoms with Gasteiger partial charge in [-0.1, -0.05) is 43.7 Å². The lowest BCUT2D eigenvalue weighted by atomic mass is 9.99. The van der Waals surface area contributed by atoms with E-state index >= 15 is 0 Å². The quantitative estimate of drug-likeness (QED) is 0.755. The van der Waals surface area contributed by atoms with Crippen molar-refractivity contribution in [1.82, 2.24) is 0 Å². The van der Waals surface area contributed by atoms with E-state index in [9.17, 15) is 9.59 Å². The van der Waals surface area contributed by atoms with Crippen LogP contribution in [0.1, 0.15) is 73.7 Å². The molecule has 0 aliphatic carbocycles. The summed E-state index contributed by atoms with van der Waals surface area (Å²) in [6, 6.07) is 5.69. The molecule has 0 spiro atoms. The van der Waals surface area contributed by atoms with Crippen molar-refractivity contribution < 1.29 is 9.59 Å². The highest BCUT2D eigenvalue weighted by Gasteiger charge is 2.14. The Morgan fingerprint density at radius 3 is 2.19 bits per heavy atom. The number of hydrogen-bond acceptors (Lipinski definition) is 2. The van der Waals surface area contributed by atoms with Crippen molar-refractivity contribution in [2.24, 2.45) is 0 Å². The van der Waals surface area contributed by atoms with Crippen LogP contribution in [-0.2, 0) is 4.79 Å². The van der Waals surface area contributed by atoms with Crippen molar-refractivity contribution in [2.45, 2.75) is 64.7 Å². The molecule has 0 fully saturated rings. The average molecular weight is 287 g/mol. The van der Waals surface area contributed by atoms with Gasteiger partial charge < -0.3 is 5.32 Å². The van der Waals surface area contributed by atoms with Gasteiger partial charge in [0.05, 0.1) is 5.69 Å². The molecule has 1 aromatic rings. The minimum absolute atomic E-state index is 0.0185. The van der Waals surface area contributed by atoms with Gasteiger partial charge in [0.1, 0.15) is 0 Å². The van der Waals surface area contributed by atoms with E-state index in [1.165, 1.54) is 19.3 Å². The van der Waals surface area contributed by atoms with Crippen molar-refractivity contribution in [2.75, 3.05) is 5.32 Å². The van der Waals surface area contributed by atoms with Crippen molar-refractivity contribution in [3.63, 3.8) is 0 Å². The molecule has 1 N–H and O–H groups in total. The number of carbonyl (C=O) groups is 2. The Labute approximate surface area is 127 Å². The van der Waals surface area contributed by atoms with Gasteiger partial charge in [0.2, 0.25) is 5.91 Å². The Balaban J connectivity index is 2.17. The summed E-state index contributed by atoms with van der Waals surface area (Å²) < 4.78 is 0. The van der Waals surface area contributed by atoms with Crippen LogP contribution in [0.2, 0.25) is 0 Å². The molecule has 2 rings (SSSR count). The molecule has 0 unspecified atom stereocenters. The molecule has 0 aromatic heterocycles. The van der Waals surface area contributed by atoms with Crippen molar-refractivity contribution >= 4 is 17.4 Å². The van der Waals surface area contributed by atoms with Crippen LogP contribution < -0.4 is 5.32 Å². The van der Waals surface area contributed by atoms with E-state index in [4.69, 9.17) is 0 Å². The van der Waals surface area contributed by atoms with Gasteiger partial charge in [0.15, 0.2) is 5.78 Å². The summed E-state index contributed by atoms with van der Waals surface area (Å²) in [4.78, 5) is 24.4. The van der Waals surface area contributed by atoms with Gasteiger partial charge in [-0.05, 0) is 31.9 Å². The molecule has 1 aliphatic rings. The number of fused-ring (bicyclic) bond motifs is 1. The molecule has 1 aliphatic heterocycles. The van der Waals surface area contributed by atoms with E-state index in [-0.39, 0.29) is 11.7 Å². The van der Waals surface area contributed by atoms with Crippen LogP contribution in [0.5, 0.6) is 0 Å². The Bertz CT molecular complexity index is 508. The summed E-state index contributed by atoms with van der Waals surface area (Å²) in [5, 5.41) is 2.91. The van der Waals surface area contributed by atoms with Gasteiger partial charge in [-0.25, -0.2) is 0 Å². The minimum atomic E-state index is 0.0185. The van der Waals surface area contributed by atoms with E-state index in [2.05, 4.69) is 5.32 Å². The molecular formula is C18H25NO2. The van der Waals surface area contributed by atoms with Crippen molar-refractivity contribution in [3.8, 4) is 0 Å². The van der Waals surface area contributed by atoms with Gasteiger partial charge in [-0.2, -0.15) is 0 Å². The summed E-state index contributed by atoms with van der Waals surface area (Å²) in [7, 11) is 0. The Morgan fingerprint density at radius 1 is 0.857 bits per heavy atom. The van der Waals surface area contributed by atoms with E-state index < -0.39 is 0 Å². The maximum atomic E-state index is 12.4. The molecule has 0 bridgehead atoms. The van der Waals surface area contributed by atoms with Crippen molar-refractivity contribution in [1.29, 1.82) is 0 Å². The highest BCUT2D eigenvalue weighted by atomic mass is 16.1.